The summed E-state index contributed by atoms with van der Waals surface area (Å²) in [7, 11) is 3.95. The summed E-state index contributed by atoms with van der Waals surface area (Å²) < 4.78 is 7.28. The molecule has 8 unspecified atom stereocenters. The molecule has 6 heteroatoms. The van der Waals surface area contributed by atoms with Crippen molar-refractivity contribution in [3.63, 3.8) is 0 Å². The summed E-state index contributed by atoms with van der Waals surface area (Å²) in [4.78, 5) is 6.34. The zero-order valence-electron chi connectivity index (χ0n) is 21.9. The quantitative estimate of drug-likeness (QED) is 0.538. The Morgan fingerprint density at radius 2 is 1.97 bits per heavy atom. The molecule has 3 aliphatic carbocycles. The topological polar surface area (TPSA) is 65.8 Å². The first kappa shape index (κ1) is 24.1. The molecule has 37 heavy (non-hydrogen) atoms. The van der Waals surface area contributed by atoms with Crippen LogP contribution in [0.15, 0.2) is 59.8 Å². The number of ether oxygens (including phenoxy) is 1. The van der Waals surface area contributed by atoms with E-state index in [9.17, 15) is 10.2 Å². The van der Waals surface area contributed by atoms with Gasteiger partial charge in [0.05, 0.1) is 17.3 Å². The molecule has 5 nitrogen and oxygen atoms in total. The fourth-order valence-electron chi connectivity index (χ4n) is 8.56. The highest BCUT2D eigenvalue weighted by atomic mass is 35.5. The van der Waals surface area contributed by atoms with E-state index in [0.29, 0.717) is 17.5 Å². The van der Waals surface area contributed by atoms with E-state index in [0.717, 1.165) is 35.6 Å². The van der Waals surface area contributed by atoms with Crippen molar-refractivity contribution in [3.05, 3.63) is 70.6 Å². The van der Waals surface area contributed by atoms with E-state index in [1.54, 1.807) is 6.20 Å². The van der Waals surface area contributed by atoms with E-state index in [1.165, 1.54) is 16.7 Å². The molecule has 2 N–H and O–H groups in total. The maximum Gasteiger partial charge on any atom is 0.136 e. The van der Waals surface area contributed by atoms with Crippen LogP contribution in [0.25, 0.3) is 16.3 Å². The standard InChI is InChI=1S/C31H35ClN2O3/c1-17-13-20-15-23-26(35)27(36)24(34(3)4)16-30(23)10-11-31(20,37-30)25-8-7-22(29(17,25)2)19-6-5-18-9-12-33-28(32)21(18)14-19/h5-7,9,12-15,17,24-27,35-36H,8,10-11,16H2,1-4H3. The lowest BCUT2D eigenvalue weighted by atomic mass is 9.54. The van der Waals surface area contributed by atoms with Crippen molar-refractivity contribution in [1.29, 1.82) is 0 Å². The maximum absolute atomic E-state index is 11.2. The molecule has 2 fully saturated rings. The number of aromatic nitrogens is 1. The SMILES string of the molecule is CC1C=C2C=C3C(O)C(O)C(N(C)C)CC34CCC2(O4)C2CC=C(c3ccc4ccnc(Cl)c4c3)C12C. The number of aliphatic hydroxyl groups excluding tert-OH is 2. The summed E-state index contributed by atoms with van der Waals surface area (Å²) >= 11 is 6.49. The van der Waals surface area contributed by atoms with E-state index in [1.807, 2.05) is 25.1 Å². The molecule has 7 rings (SSSR count). The monoisotopic (exact) mass is 518 g/mol. The number of hydrogen-bond donors (Lipinski definition) is 2. The molecule has 0 amide bonds. The summed E-state index contributed by atoms with van der Waals surface area (Å²) in [6, 6.07) is 8.43. The summed E-state index contributed by atoms with van der Waals surface area (Å²) in [5.41, 5.74) is 3.64. The number of fused-ring (bicyclic) bond motifs is 2. The molecule has 1 saturated carbocycles. The van der Waals surface area contributed by atoms with E-state index in [4.69, 9.17) is 16.3 Å². The number of aliphatic hydroxyl groups is 2. The van der Waals surface area contributed by atoms with Gasteiger partial charge < -0.3 is 19.8 Å². The molecule has 5 aliphatic rings. The van der Waals surface area contributed by atoms with Gasteiger partial charge >= 0.3 is 0 Å². The van der Waals surface area contributed by atoms with E-state index in [-0.39, 0.29) is 23.0 Å². The second kappa shape index (κ2) is 7.77. The number of rotatable bonds is 2. The van der Waals surface area contributed by atoms with Crippen LogP contribution in [0.5, 0.6) is 0 Å². The van der Waals surface area contributed by atoms with Crippen LogP contribution in [0.3, 0.4) is 0 Å². The van der Waals surface area contributed by atoms with Gasteiger partial charge in [0.25, 0.3) is 0 Å². The predicted octanol–water partition coefficient (Wildman–Crippen LogP) is 5.16. The van der Waals surface area contributed by atoms with Gasteiger partial charge in [0.15, 0.2) is 0 Å². The van der Waals surface area contributed by atoms with Crippen molar-refractivity contribution in [2.24, 2.45) is 17.3 Å². The van der Waals surface area contributed by atoms with Crippen LogP contribution < -0.4 is 0 Å². The zero-order chi connectivity index (χ0) is 25.9. The first-order valence-electron chi connectivity index (χ1n) is 13.5. The second-order valence-corrected chi connectivity index (χ2v) is 12.8. The van der Waals surface area contributed by atoms with E-state index < -0.39 is 17.8 Å². The Morgan fingerprint density at radius 3 is 2.76 bits per heavy atom. The van der Waals surface area contributed by atoms with Crippen LogP contribution in [0.1, 0.15) is 45.1 Å². The Kier molecular flexibility index (Phi) is 5.05. The number of likely N-dealkylation sites (N-methyl/N-ethyl adjacent to an activating group) is 1. The Labute approximate surface area is 223 Å². The molecular weight excluding hydrogens is 484 g/mol. The minimum atomic E-state index is -0.907. The Hall–Kier alpha value is -2.02. The van der Waals surface area contributed by atoms with Gasteiger partial charge in [-0.05, 0) is 85.5 Å². The van der Waals surface area contributed by atoms with Crippen LogP contribution in [0.4, 0.5) is 0 Å². The molecule has 1 saturated heterocycles. The van der Waals surface area contributed by atoms with E-state index >= 15 is 0 Å². The summed E-state index contributed by atoms with van der Waals surface area (Å²) in [6.07, 6.45) is 10.5. The molecule has 3 heterocycles. The Balaban J connectivity index is 1.33. The minimum absolute atomic E-state index is 0.101. The van der Waals surface area contributed by atoms with Crippen LogP contribution >= 0.6 is 11.6 Å². The van der Waals surface area contributed by atoms with Crippen molar-refractivity contribution in [3.8, 4) is 0 Å². The van der Waals surface area contributed by atoms with E-state index in [2.05, 4.69) is 55.3 Å². The largest absolute Gasteiger partial charge is 0.388 e. The van der Waals surface area contributed by atoms with Crippen molar-refractivity contribution >= 4 is 27.9 Å². The molecular formula is C31H35ClN2O3. The minimum Gasteiger partial charge on any atom is -0.388 e. The number of halogens is 1. The van der Waals surface area contributed by atoms with Crippen molar-refractivity contribution in [2.45, 2.75) is 69.0 Å². The number of benzene rings is 1. The van der Waals surface area contributed by atoms with Crippen LogP contribution in [0, 0.1) is 17.3 Å². The van der Waals surface area contributed by atoms with Gasteiger partial charge in [0.2, 0.25) is 0 Å². The molecule has 194 valence electrons. The van der Waals surface area contributed by atoms with Gasteiger partial charge in [-0.2, -0.15) is 0 Å². The van der Waals surface area contributed by atoms with Crippen molar-refractivity contribution in [2.75, 3.05) is 14.1 Å². The lowest BCUT2D eigenvalue weighted by molar-refractivity contribution is -0.165. The summed E-state index contributed by atoms with van der Waals surface area (Å²) in [6.45, 7) is 4.72. The molecule has 8 atom stereocenters. The highest BCUT2D eigenvalue weighted by Crippen LogP contribution is 2.69. The number of allylic oxidation sites excluding steroid dienone is 3. The molecule has 2 aliphatic heterocycles. The van der Waals surface area contributed by atoms with Gasteiger partial charge in [0, 0.05) is 29.0 Å². The van der Waals surface area contributed by atoms with Gasteiger partial charge in [-0.25, -0.2) is 4.98 Å². The highest BCUT2D eigenvalue weighted by molar-refractivity contribution is 6.34. The molecule has 2 spiro atoms. The first-order valence-corrected chi connectivity index (χ1v) is 13.9. The van der Waals surface area contributed by atoms with Crippen LogP contribution in [0.2, 0.25) is 5.15 Å². The fourth-order valence-corrected chi connectivity index (χ4v) is 8.78. The third-order valence-electron chi connectivity index (χ3n) is 10.7. The van der Waals surface area contributed by atoms with Gasteiger partial charge in [0.1, 0.15) is 11.3 Å². The molecule has 1 aromatic carbocycles. The maximum atomic E-state index is 11.2. The molecule has 2 aromatic rings. The molecule has 0 radical (unpaired) electrons. The van der Waals surface area contributed by atoms with Crippen LogP contribution in [-0.4, -0.2) is 63.6 Å². The third kappa shape index (κ3) is 2.98. The average molecular weight is 519 g/mol. The van der Waals surface area contributed by atoms with Gasteiger partial charge in [-0.3, -0.25) is 0 Å². The number of hydrogen-bond acceptors (Lipinski definition) is 5. The lowest BCUT2D eigenvalue weighted by Gasteiger charge is -2.57. The fraction of sp³-hybridized carbons (Fsp3) is 0.516. The Morgan fingerprint density at radius 1 is 1.16 bits per heavy atom. The predicted molar refractivity (Wildman–Crippen MR) is 146 cm³/mol. The molecule has 2 bridgehead atoms. The highest BCUT2D eigenvalue weighted by Gasteiger charge is 2.68. The summed E-state index contributed by atoms with van der Waals surface area (Å²) in [5, 5.41) is 24.8. The first-order chi connectivity index (χ1) is 17.6. The third-order valence-corrected chi connectivity index (χ3v) is 11.0. The van der Waals surface area contributed by atoms with Gasteiger partial charge in [-0.15, -0.1) is 0 Å². The lowest BCUT2D eigenvalue weighted by Crippen LogP contribution is -2.62. The van der Waals surface area contributed by atoms with Gasteiger partial charge in [-0.1, -0.05) is 55.8 Å². The number of pyridine rings is 1. The number of nitrogens with zero attached hydrogens (tertiary/aromatic N) is 2. The van der Waals surface area contributed by atoms with Crippen molar-refractivity contribution in [1.82, 2.24) is 9.88 Å². The normalized spacial score (nSPS) is 42.2. The summed E-state index contributed by atoms with van der Waals surface area (Å²) in [5.74, 6) is 0.574. The molecule has 1 aromatic heterocycles. The smallest absolute Gasteiger partial charge is 0.136 e. The Bertz CT molecular complexity index is 1410. The second-order valence-electron chi connectivity index (χ2n) is 12.4. The van der Waals surface area contributed by atoms with Crippen LogP contribution in [-0.2, 0) is 4.74 Å². The van der Waals surface area contributed by atoms with Crippen molar-refractivity contribution < 1.29 is 14.9 Å². The average Bonchev–Trinajstić information content (AvgIpc) is 3.40. The zero-order valence-corrected chi connectivity index (χ0v) is 22.7.